The number of urea groups is 1. The standard InChI is InChI=1S/C37H61F2N7O6/c1-7-27(48)44-13-14-45(20(6)16-44)34-22-15-24(39)31-28-23(38)9-8-10-26(28)51-17-25(47)33(52-36(49)29(40)18(2)3)21-11-12-41-30(19(4)5)32(21)46(35(22)42-31)37(50)43-34/h7,18-26,28-35,41-42,47H,1,8-17,40H2,2-6H3,(H,43,50)/t20-,21?,22?,23?,24?,25?,26?,28?,29-,30?,31?,32?,33?,34?,35?/m0/s1. The van der Waals surface area contributed by atoms with Crippen LogP contribution < -0.4 is 21.7 Å². The van der Waals surface area contributed by atoms with E-state index in [0.717, 1.165) is 0 Å². The lowest BCUT2D eigenvalue weighted by Crippen LogP contribution is -2.80. The topological polar surface area (TPSA) is 162 Å². The minimum absolute atomic E-state index is 0.00843. The molecule has 0 spiro atoms. The van der Waals surface area contributed by atoms with Gasteiger partial charge in [-0.05, 0) is 63.5 Å². The van der Waals surface area contributed by atoms with Crippen molar-refractivity contribution in [2.45, 2.75) is 140 Å². The van der Waals surface area contributed by atoms with Crippen molar-refractivity contribution >= 4 is 17.9 Å². The van der Waals surface area contributed by atoms with Gasteiger partial charge in [0, 0.05) is 55.5 Å². The normalized spacial score (nSPS) is 42.2. The monoisotopic (exact) mass is 737 g/mol. The third-order valence-electron chi connectivity index (χ3n) is 12.8. The Bertz CT molecular complexity index is 1310. The molecule has 0 aromatic rings. The number of ether oxygens (including phenoxy) is 2. The van der Waals surface area contributed by atoms with Crippen molar-refractivity contribution in [2.75, 3.05) is 32.8 Å². The van der Waals surface area contributed by atoms with Crippen molar-refractivity contribution in [1.82, 2.24) is 30.7 Å². The molecule has 13 unspecified atom stereocenters. The van der Waals surface area contributed by atoms with Crippen LogP contribution in [0.4, 0.5) is 13.6 Å². The lowest BCUT2D eigenvalue weighted by atomic mass is 9.71. The van der Waals surface area contributed by atoms with Crippen LogP contribution in [0.3, 0.4) is 0 Å². The summed E-state index contributed by atoms with van der Waals surface area (Å²) >= 11 is 0. The van der Waals surface area contributed by atoms with Crippen molar-refractivity contribution in [3.63, 3.8) is 0 Å². The molecular formula is C37H61F2N7O6. The first-order valence-corrected chi connectivity index (χ1v) is 19.5. The molecule has 0 radical (unpaired) electrons. The van der Waals surface area contributed by atoms with Crippen molar-refractivity contribution < 1.29 is 37.7 Å². The predicted molar refractivity (Wildman–Crippen MR) is 190 cm³/mol. The molecule has 52 heavy (non-hydrogen) atoms. The quantitative estimate of drug-likeness (QED) is 0.200. The van der Waals surface area contributed by atoms with E-state index in [9.17, 15) is 19.5 Å². The Morgan fingerprint density at radius 1 is 1.10 bits per heavy atom. The molecule has 294 valence electrons. The molecule has 5 heterocycles. The number of halogens is 2. The van der Waals surface area contributed by atoms with Crippen LogP contribution in [0.15, 0.2) is 12.7 Å². The summed E-state index contributed by atoms with van der Waals surface area (Å²) in [6, 6.07) is -3.29. The van der Waals surface area contributed by atoms with Gasteiger partial charge in [-0.25, -0.2) is 13.6 Å². The molecule has 15 heteroatoms. The van der Waals surface area contributed by atoms with Crippen LogP contribution >= 0.6 is 0 Å². The van der Waals surface area contributed by atoms with E-state index >= 15 is 8.78 Å². The van der Waals surface area contributed by atoms with Crippen LogP contribution in [0.1, 0.15) is 66.7 Å². The highest BCUT2D eigenvalue weighted by Crippen LogP contribution is 2.44. The molecule has 13 nitrogen and oxygen atoms in total. The molecule has 3 amide bonds. The fraction of sp³-hybridized carbons (Fsp3) is 0.865. The van der Waals surface area contributed by atoms with E-state index < -0.39 is 84.8 Å². The van der Waals surface area contributed by atoms with Crippen molar-refractivity contribution in [3.05, 3.63) is 12.7 Å². The number of esters is 1. The van der Waals surface area contributed by atoms with E-state index in [2.05, 4.69) is 27.4 Å². The van der Waals surface area contributed by atoms with Crippen LogP contribution in [-0.2, 0) is 19.1 Å². The predicted octanol–water partition coefficient (Wildman–Crippen LogP) is 1.49. The molecule has 1 saturated carbocycles. The minimum atomic E-state index is -1.44. The van der Waals surface area contributed by atoms with Gasteiger partial charge in [-0.2, -0.15) is 0 Å². The second-order valence-corrected chi connectivity index (χ2v) is 16.7. The Morgan fingerprint density at radius 2 is 1.85 bits per heavy atom. The number of nitrogens with zero attached hydrogens (tertiary/aromatic N) is 3. The SMILES string of the molecule is C=CC(=O)N1CCN(C2NC(=O)N3C4NC(C(F)CC42)C2C(F)CCCC2OCC(O)C(OC(=O)[C@@H](N)C(C)C)C2CCNC(C(C)C)C23)[C@@H](C)C1. The van der Waals surface area contributed by atoms with E-state index in [1.807, 2.05) is 34.6 Å². The number of hydrogen-bond acceptors (Lipinski definition) is 10. The van der Waals surface area contributed by atoms with E-state index in [1.54, 1.807) is 9.80 Å². The summed E-state index contributed by atoms with van der Waals surface area (Å²) in [6.45, 7) is 15.0. The van der Waals surface area contributed by atoms with E-state index in [0.29, 0.717) is 45.4 Å². The van der Waals surface area contributed by atoms with Crippen molar-refractivity contribution in [1.29, 1.82) is 0 Å². The molecule has 6 fully saturated rings. The van der Waals surface area contributed by atoms with Gasteiger partial charge in [-0.1, -0.05) is 34.3 Å². The summed E-state index contributed by atoms with van der Waals surface area (Å²) < 4.78 is 45.4. The summed E-state index contributed by atoms with van der Waals surface area (Å²) in [5, 5.41) is 22.3. The lowest BCUT2D eigenvalue weighted by Gasteiger charge is -2.60. The summed E-state index contributed by atoms with van der Waals surface area (Å²) in [7, 11) is 0. The number of nitrogens with one attached hydrogen (secondary N) is 3. The summed E-state index contributed by atoms with van der Waals surface area (Å²) in [6.07, 6.45) is -4.02. The Labute approximate surface area is 306 Å². The molecule has 15 atom stereocenters. The average molecular weight is 738 g/mol. The molecule has 6 aliphatic rings. The highest BCUT2D eigenvalue weighted by atomic mass is 19.1. The van der Waals surface area contributed by atoms with Gasteiger partial charge in [0.1, 0.15) is 30.6 Å². The number of amides is 3. The Hall–Kier alpha value is -2.43. The molecule has 5 saturated heterocycles. The molecule has 6 N–H and O–H groups in total. The number of piperazine rings is 1. The fourth-order valence-corrected chi connectivity index (χ4v) is 10.1. The number of fused-ring (bicyclic) bond motifs is 5. The number of rotatable bonds is 6. The zero-order chi connectivity index (χ0) is 37.6. The van der Waals surface area contributed by atoms with Crippen molar-refractivity contribution in [3.8, 4) is 0 Å². The number of nitrogens with two attached hydrogens (primary N) is 1. The van der Waals surface area contributed by atoms with Gasteiger partial charge in [-0.3, -0.25) is 19.8 Å². The fourth-order valence-electron chi connectivity index (χ4n) is 10.1. The molecule has 0 aromatic carbocycles. The van der Waals surface area contributed by atoms with Gasteiger partial charge in [0.2, 0.25) is 5.91 Å². The zero-order valence-corrected chi connectivity index (χ0v) is 31.3. The third-order valence-corrected chi connectivity index (χ3v) is 12.8. The van der Waals surface area contributed by atoms with E-state index in [-0.39, 0.29) is 55.3 Å². The lowest BCUT2D eigenvalue weighted by molar-refractivity contribution is -0.182. The van der Waals surface area contributed by atoms with E-state index in [4.69, 9.17) is 15.2 Å². The first-order chi connectivity index (χ1) is 24.7. The Balaban J connectivity index is 1.44. The third kappa shape index (κ3) is 7.46. The minimum Gasteiger partial charge on any atom is -0.458 e. The van der Waals surface area contributed by atoms with Crippen LogP contribution in [0.5, 0.6) is 0 Å². The maximum Gasteiger partial charge on any atom is 0.323 e. The van der Waals surface area contributed by atoms with Gasteiger partial charge in [0.25, 0.3) is 0 Å². The van der Waals surface area contributed by atoms with Crippen LogP contribution in [0.2, 0.25) is 0 Å². The Kier molecular flexibility index (Phi) is 12.2. The number of carbonyl (C=O) groups excluding carboxylic acids is 3. The van der Waals surface area contributed by atoms with Crippen LogP contribution in [-0.4, -0.2) is 144 Å². The molecule has 1 aliphatic carbocycles. The number of hydrogen-bond donors (Lipinski definition) is 5. The van der Waals surface area contributed by atoms with E-state index in [1.165, 1.54) is 6.08 Å². The van der Waals surface area contributed by atoms with Gasteiger partial charge < -0.3 is 40.7 Å². The highest BCUT2D eigenvalue weighted by molar-refractivity contribution is 5.87. The first-order valence-electron chi connectivity index (χ1n) is 19.5. The number of aliphatic hydroxyl groups is 1. The number of aliphatic hydroxyl groups excluding tert-OH is 1. The van der Waals surface area contributed by atoms with Gasteiger partial charge >= 0.3 is 12.0 Å². The van der Waals surface area contributed by atoms with Gasteiger partial charge in [-0.15, -0.1) is 0 Å². The number of alkyl halides is 2. The summed E-state index contributed by atoms with van der Waals surface area (Å²) in [4.78, 5) is 46.4. The number of piperidine rings is 2. The van der Waals surface area contributed by atoms with Gasteiger partial charge in [0.05, 0.1) is 31.1 Å². The second-order valence-electron chi connectivity index (χ2n) is 16.7. The molecular weight excluding hydrogens is 676 g/mol. The Morgan fingerprint density at radius 3 is 2.52 bits per heavy atom. The van der Waals surface area contributed by atoms with Crippen molar-refractivity contribution in [2.24, 2.45) is 35.3 Å². The largest absolute Gasteiger partial charge is 0.458 e. The maximum absolute atomic E-state index is 16.8. The molecule has 2 bridgehead atoms. The summed E-state index contributed by atoms with van der Waals surface area (Å²) in [5.74, 6) is -2.88. The molecule has 0 aromatic heterocycles. The zero-order valence-electron chi connectivity index (χ0n) is 31.3. The maximum atomic E-state index is 16.8. The highest BCUT2D eigenvalue weighted by Gasteiger charge is 2.59. The van der Waals surface area contributed by atoms with Gasteiger partial charge in [0.15, 0.2) is 0 Å². The molecule has 5 aliphatic heterocycles. The van der Waals surface area contributed by atoms with Crippen LogP contribution in [0.25, 0.3) is 0 Å². The molecule has 6 rings (SSSR count). The summed E-state index contributed by atoms with van der Waals surface area (Å²) in [5.41, 5.74) is 6.26. The first kappa shape index (κ1) is 39.3. The average Bonchev–Trinajstić information content (AvgIpc) is 3.11. The second kappa shape index (κ2) is 16.1. The smallest absolute Gasteiger partial charge is 0.323 e. The number of carbonyl (C=O) groups is 3. The van der Waals surface area contributed by atoms with Crippen LogP contribution in [0, 0.1) is 29.6 Å².